The summed E-state index contributed by atoms with van der Waals surface area (Å²) in [4.78, 5) is 34.9. The second-order valence-corrected chi connectivity index (χ2v) is 5.42. The van der Waals surface area contributed by atoms with Crippen LogP contribution in [0.4, 0.5) is 11.4 Å². The molecule has 0 fully saturated rings. The van der Waals surface area contributed by atoms with Crippen LogP contribution in [-0.4, -0.2) is 24.9 Å². The standard InChI is InChI=1S/C19H20N2O4/c1-25-19(24)11-10-17(22)20-15-8-5-9-16(13-15)21-18(23)12-14-6-3-2-4-7-14/h2-9,13H,10-12H2,1H3,(H,20,22)(H,21,23). The van der Waals surface area contributed by atoms with Gasteiger partial charge >= 0.3 is 5.97 Å². The molecule has 0 unspecified atom stereocenters. The summed E-state index contributed by atoms with van der Waals surface area (Å²) < 4.78 is 4.50. The molecular formula is C19H20N2O4. The lowest BCUT2D eigenvalue weighted by atomic mass is 10.1. The molecule has 2 aromatic rings. The van der Waals surface area contributed by atoms with Gasteiger partial charge in [-0.2, -0.15) is 0 Å². The number of anilines is 2. The van der Waals surface area contributed by atoms with E-state index in [1.54, 1.807) is 24.3 Å². The average molecular weight is 340 g/mol. The molecule has 2 rings (SSSR count). The zero-order valence-electron chi connectivity index (χ0n) is 14.0. The number of hydrogen-bond acceptors (Lipinski definition) is 4. The van der Waals surface area contributed by atoms with Crippen LogP contribution in [0.2, 0.25) is 0 Å². The largest absolute Gasteiger partial charge is 0.469 e. The Balaban J connectivity index is 1.88. The normalized spacial score (nSPS) is 9.96. The number of carbonyl (C=O) groups is 3. The number of hydrogen-bond donors (Lipinski definition) is 2. The van der Waals surface area contributed by atoms with Gasteiger partial charge in [0.15, 0.2) is 0 Å². The molecule has 0 saturated carbocycles. The Morgan fingerprint density at radius 1 is 0.840 bits per heavy atom. The maximum absolute atomic E-state index is 12.1. The molecule has 0 spiro atoms. The van der Waals surface area contributed by atoms with E-state index < -0.39 is 5.97 Å². The maximum atomic E-state index is 12.1. The first-order valence-corrected chi connectivity index (χ1v) is 7.87. The van der Waals surface area contributed by atoms with Gasteiger partial charge in [-0.1, -0.05) is 36.4 Å². The van der Waals surface area contributed by atoms with Gasteiger partial charge in [-0.3, -0.25) is 14.4 Å². The molecule has 0 aliphatic rings. The van der Waals surface area contributed by atoms with Crippen LogP contribution in [0, 0.1) is 0 Å². The highest BCUT2D eigenvalue weighted by Crippen LogP contribution is 2.16. The van der Waals surface area contributed by atoms with Crippen LogP contribution in [0.25, 0.3) is 0 Å². The molecular weight excluding hydrogens is 320 g/mol. The Bertz CT molecular complexity index is 744. The van der Waals surface area contributed by atoms with Gasteiger partial charge in [-0.15, -0.1) is 0 Å². The Hall–Kier alpha value is -3.15. The van der Waals surface area contributed by atoms with E-state index in [0.29, 0.717) is 11.4 Å². The second-order valence-electron chi connectivity index (χ2n) is 5.42. The SMILES string of the molecule is COC(=O)CCC(=O)Nc1cccc(NC(=O)Cc2ccccc2)c1. The minimum absolute atomic E-state index is 0.0236. The van der Waals surface area contributed by atoms with Crippen LogP contribution in [0.15, 0.2) is 54.6 Å². The summed E-state index contributed by atoms with van der Waals surface area (Å²) in [5.74, 6) is -0.865. The van der Waals surface area contributed by atoms with Crippen molar-refractivity contribution in [3.05, 3.63) is 60.2 Å². The number of nitrogens with one attached hydrogen (secondary N) is 2. The molecule has 25 heavy (non-hydrogen) atoms. The van der Waals surface area contributed by atoms with Crippen molar-refractivity contribution in [1.82, 2.24) is 0 Å². The van der Waals surface area contributed by atoms with Gasteiger partial charge in [0, 0.05) is 17.8 Å². The highest BCUT2D eigenvalue weighted by molar-refractivity contribution is 5.95. The highest BCUT2D eigenvalue weighted by atomic mass is 16.5. The van der Waals surface area contributed by atoms with Crippen LogP contribution in [-0.2, 0) is 25.5 Å². The lowest BCUT2D eigenvalue weighted by Crippen LogP contribution is -2.16. The first-order valence-electron chi connectivity index (χ1n) is 7.87. The van der Waals surface area contributed by atoms with Crippen molar-refractivity contribution in [1.29, 1.82) is 0 Å². The van der Waals surface area contributed by atoms with E-state index in [1.165, 1.54) is 7.11 Å². The molecule has 6 nitrogen and oxygen atoms in total. The van der Waals surface area contributed by atoms with Gasteiger partial charge in [0.25, 0.3) is 0 Å². The number of benzene rings is 2. The highest BCUT2D eigenvalue weighted by Gasteiger charge is 2.08. The van der Waals surface area contributed by atoms with Crippen LogP contribution in [0.5, 0.6) is 0 Å². The Morgan fingerprint density at radius 2 is 1.48 bits per heavy atom. The van der Waals surface area contributed by atoms with Gasteiger partial charge in [0.1, 0.15) is 0 Å². The third-order valence-corrected chi connectivity index (χ3v) is 3.42. The van der Waals surface area contributed by atoms with E-state index in [1.807, 2.05) is 30.3 Å². The first kappa shape index (κ1) is 18.2. The van der Waals surface area contributed by atoms with Crippen molar-refractivity contribution >= 4 is 29.2 Å². The summed E-state index contributed by atoms with van der Waals surface area (Å²) in [7, 11) is 1.28. The Morgan fingerprint density at radius 3 is 2.12 bits per heavy atom. The van der Waals surface area contributed by atoms with Crippen molar-refractivity contribution in [3.8, 4) is 0 Å². The fourth-order valence-electron chi connectivity index (χ4n) is 2.20. The molecule has 0 atom stereocenters. The first-order chi connectivity index (χ1) is 12.1. The number of ether oxygens (including phenoxy) is 1. The molecule has 0 aliphatic heterocycles. The summed E-state index contributed by atoms with van der Waals surface area (Å²) in [6, 6.07) is 16.3. The van der Waals surface area contributed by atoms with Gasteiger partial charge in [-0.05, 0) is 23.8 Å². The molecule has 2 amide bonds. The Labute approximate surface area is 146 Å². The maximum Gasteiger partial charge on any atom is 0.306 e. The summed E-state index contributed by atoms with van der Waals surface area (Å²) >= 11 is 0. The molecule has 0 heterocycles. The van der Waals surface area contributed by atoms with Gasteiger partial charge in [0.2, 0.25) is 11.8 Å². The second kappa shape index (κ2) is 9.22. The molecule has 0 radical (unpaired) electrons. The van der Waals surface area contributed by atoms with Crippen molar-refractivity contribution in [2.45, 2.75) is 19.3 Å². The smallest absolute Gasteiger partial charge is 0.306 e. The lowest BCUT2D eigenvalue weighted by molar-refractivity contribution is -0.141. The van der Waals surface area contributed by atoms with Crippen molar-refractivity contribution in [2.75, 3.05) is 17.7 Å². The van der Waals surface area contributed by atoms with Crippen LogP contribution in [0.1, 0.15) is 18.4 Å². The number of esters is 1. The predicted molar refractivity (Wildman–Crippen MR) is 95.1 cm³/mol. The molecule has 0 aliphatic carbocycles. The minimum atomic E-state index is -0.433. The van der Waals surface area contributed by atoms with Crippen LogP contribution in [0.3, 0.4) is 0 Å². The van der Waals surface area contributed by atoms with E-state index in [-0.39, 0.29) is 31.1 Å². The molecule has 130 valence electrons. The van der Waals surface area contributed by atoms with Crippen molar-refractivity contribution in [2.24, 2.45) is 0 Å². The quantitative estimate of drug-likeness (QED) is 0.759. The molecule has 0 saturated heterocycles. The monoisotopic (exact) mass is 340 g/mol. The zero-order chi connectivity index (χ0) is 18.1. The van der Waals surface area contributed by atoms with Crippen LogP contribution >= 0.6 is 0 Å². The third kappa shape index (κ3) is 6.47. The molecule has 2 aromatic carbocycles. The summed E-state index contributed by atoms with van der Waals surface area (Å²) in [5.41, 5.74) is 2.06. The lowest BCUT2D eigenvalue weighted by Gasteiger charge is -2.09. The van der Waals surface area contributed by atoms with E-state index in [2.05, 4.69) is 15.4 Å². The zero-order valence-corrected chi connectivity index (χ0v) is 14.0. The summed E-state index contributed by atoms with van der Waals surface area (Å²) in [5, 5.41) is 5.49. The van der Waals surface area contributed by atoms with E-state index in [9.17, 15) is 14.4 Å². The summed E-state index contributed by atoms with van der Waals surface area (Å²) in [6.07, 6.45) is 0.337. The van der Waals surface area contributed by atoms with E-state index >= 15 is 0 Å². The minimum Gasteiger partial charge on any atom is -0.469 e. The topological polar surface area (TPSA) is 84.5 Å². The molecule has 6 heteroatoms. The Kier molecular flexibility index (Phi) is 6.71. The average Bonchev–Trinajstić information content (AvgIpc) is 2.60. The third-order valence-electron chi connectivity index (χ3n) is 3.42. The fourth-order valence-corrected chi connectivity index (χ4v) is 2.20. The molecule has 2 N–H and O–H groups in total. The van der Waals surface area contributed by atoms with E-state index in [0.717, 1.165) is 5.56 Å². The number of methoxy groups -OCH3 is 1. The van der Waals surface area contributed by atoms with Crippen molar-refractivity contribution in [3.63, 3.8) is 0 Å². The molecule has 0 bridgehead atoms. The number of carbonyl (C=O) groups excluding carboxylic acids is 3. The number of rotatable bonds is 7. The summed E-state index contributed by atoms with van der Waals surface area (Å²) in [6.45, 7) is 0. The van der Waals surface area contributed by atoms with Crippen molar-refractivity contribution < 1.29 is 19.1 Å². The van der Waals surface area contributed by atoms with E-state index in [4.69, 9.17) is 0 Å². The van der Waals surface area contributed by atoms with Gasteiger partial charge < -0.3 is 15.4 Å². The van der Waals surface area contributed by atoms with Crippen LogP contribution < -0.4 is 10.6 Å². The molecule has 0 aromatic heterocycles. The van der Waals surface area contributed by atoms with Gasteiger partial charge in [0.05, 0.1) is 20.0 Å². The predicted octanol–water partition coefficient (Wildman–Crippen LogP) is 2.76. The number of amides is 2. The fraction of sp³-hybridized carbons (Fsp3) is 0.211. The van der Waals surface area contributed by atoms with Gasteiger partial charge in [-0.25, -0.2) is 0 Å².